The molecule has 2 aromatic rings. The summed E-state index contributed by atoms with van der Waals surface area (Å²) in [4.78, 5) is 14.6. The second-order valence-corrected chi connectivity index (χ2v) is 10.2. The fourth-order valence-electron chi connectivity index (χ4n) is 4.09. The van der Waals surface area contributed by atoms with Gasteiger partial charge in [-0.3, -0.25) is 4.79 Å². The molecule has 0 aliphatic carbocycles. The standard InChI is InChI=1S/C21H24ClN3O3S/c1-14(2)20-18-13-17(6-7-19(18)23-21(20)26)29(27,28)25-10-8-24(9-11-25)16-5-3-4-15(22)12-16/h3-7,12-14,20H,8-11H2,1-2H3,(H,23,26). The highest BCUT2D eigenvalue weighted by Gasteiger charge is 2.35. The average Bonchev–Trinajstić information content (AvgIpc) is 3.03. The Bertz CT molecular complexity index is 1050. The molecule has 1 saturated heterocycles. The number of amides is 1. The van der Waals surface area contributed by atoms with Gasteiger partial charge in [0.15, 0.2) is 0 Å². The first-order valence-corrected chi connectivity index (χ1v) is 11.5. The fraction of sp³-hybridized carbons (Fsp3) is 0.381. The number of fused-ring (bicyclic) bond motifs is 1. The number of nitrogens with zero attached hydrogens (tertiary/aromatic N) is 2. The van der Waals surface area contributed by atoms with Crippen molar-refractivity contribution >= 4 is 38.9 Å². The van der Waals surface area contributed by atoms with Crippen LogP contribution in [0.5, 0.6) is 0 Å². The van der Waals surface area contributed by atoms with Gasteiger partial charge in [0.1, 0.15) is 0 Å². The zero-order valence-electron chi connectivity index (χ0n) is 16.4. The highest BCUT2D eigenvalue weighted by Crippen LogP contribution is 2.39. The lowest BCUT2D eigenvalue weighted by molar-refractivity contribution is -0.117. The third-order valence-electron chi connectivity index (χ3n) is 5.61. The number of hydrogen-bond acceptors (Lipinski definition) is 4. The van der Waals surface area contributed by atoms with E-state index in [1.54, 1.807) is 18.2 Å². The Hall–Kier alpha value is -2.09. The second-order valence-electron chi connectivity index (χ2n) is 7.83. The van der Waals surface area contributed by atoms with E-state index in [2.05, 4.69) is 10.2 Å². The third kappa shape index (κ3) is 3.74. The minimum atomic E-state index is -3.62. The molecule has 0 radical (unpaired) electrons. The second kappa shape index (κ2) is 7.63. The molecule has 1 N–H and O–H groups in total. The molecule has 1 atom stereocenters. The number of carbonyl (C=O) groups excluding carboxylic acids is 1. The lowest BCUT2D eigenvalue weighted by atomic mass is 9.90. The van der Waals surface area contributed by atoms with Gasteiger partial charge in [-0.15, -0.1) is 0 Å². The van der Waals surface area contributed by atoms with Crippen molar-refractivity contribution in [3.05, 3.63) is 53.1 Å². The van der Waals surface area contributed by atoms with Crippen molar-refractivity contribution in [2.75, 3.05) is 36.4 Å². The molecule has 6 nitrogen and oxygen atoms in total. The zero-order valence-corrected chi connectivity index (χ0v) is 18.0. The molecule has 1 unspecified atom stereocenters. The monoisotopic (exact) mass is 433 g/mol. The zero-order chi connectivity index (χ0) is 20.8. The van der Waals surface area contributed by atoms with Gasteiger partial charge in [0.2, 0.25) is 15.9 Å². The Morgan fingerprint density at radius 1 is 1.07 bits per heavy atom. The van der Waals surface area contributed by atoms with Crippen molar-refractivity contribution in [1.82, 2.24) is 4.31 Å². The number of nitrogens with one attached hydrogen (secondary N) is 1. The molecular formula is C21H24ClN3O3S. The number of sulfonamides is 1. The molecule has 1 fully saturated rings. The maximum Gasteiger partial charge on any atom is 0.243 e. The molecular weight excluding hydrogens is 410 g/mol. The largest absolute Gasteiger partial charge is 0.369 e. The van der Waals surface area contributed by atoms with Crippen LogP contribution in [-0.2, 0) is 14.8 Å². The number of piperazine rings is 1. The summed E-state index contributed by atoms with van der Waals surface area (Å²) >= 11 is 6.07. The average molecular weight is 434 g/mol. The van der Waals surface area contributed by atoms with E-state index in [0.29, 0.717) is 36.9 Å². The molecule has 0 spiro atoms. The minimum Gasteiger partial charge on any atom is -0.369 e. The molecule has 0 aromatic heterocycles. The molecule has 154 valence electrons. The van der Waals surface area contributed by atoms with Crippen LogP contribution >= 0.6 is 11.6 Å². The van der Waals surface area contributed by atoms with E-state index in [1.807, 2.05) is 38.1 Å². The molecule has 2 heterocycles. The van der Waals surface area contributed by atoms with Gasteiger partial charge in [0.25, 0.3) is 0 Å². The van der Waals surface area contributed by atoms with Gasteiger partial charge in [-0.2, -0.15) is 4.31 Å². The van der Waals surface area contributed by atoms with Gasteiger partial charge < -0.3 is 10.2 Å². The van der Waals surface area contributed by atoms with E-state index in [4.69, 9.17) is 11.6 Å². The van der Waals surface area contributed by atoms with Crippen molar-refractivity contribution in [3.8, 4) is 0 Å². The molecule has 2 aromatic carbocycles. The normalized spacial score (nSPS) is 20.1. The van der Waals surface area contributed by atoms with Crippen LogP contribution < -0.4 is 10.2 Å². The Morgan fingerprint density at radius 3 is 2.45 bits per heavy atom. The predicted octanol–water partition coefficient (Wildman–Crippen LogP) is 3.54. The molecule has 1 amide bonds. The van der Waals surface area contributed by atoms with E-state index >= 15 is 0 Å². The highest BCUT2D eigenvalue weighted by molar-refractivity contribution is 7.89. The molecule has 29 heavy (non-hydrogen) atoms. The Labute approximate surface area is 176 Å². The first kappa shape index (κ1) is 20.2. The van der Waals surface area contributed by atoms with Crippen molar-refractivity contribution in [3.63, 3.8) is 0 Å². The summed E-state index contributed by atoms with van der Waals surface area (Å²) in [6.45, 7) is 5.93. The van der Waals surface area contributed by atoms with E-state index in [1.165, 1.54) is 4.31 Å². The topological polar surface area (TPSA) is 69.7 Å². The van der Waals surface area contributed by atoms with Gasteiger partial charge in [-0.05, 0) is 47.9 Å². The predicted molar refractivity (Wildman–Crippen MR) is 115 cm³/mol. The summed E-state index contributed by atoms with van der Waals surface area (Å²) < 4.78 is 28.0. The Kier molecular flexibility index (Phi) is 5.31. The van der Waals surface area contributed by atoms with Crippen molar-refractivity contribution in [1.29, 1.82) is 0 Å². The van der Waals surface area contributed by atoms with Crippen LogP contribution in [0.15, 0.2) is 47.4 Å². The molecule has 4 rings (SSSR count). The van der Waals surface area contributed by atoms with Gasteiger partial charge in [0, 0.05) is 42.6 Å². The number of carbonyl (C=O) groups is 1. The van der Waals surface area contributed by atoms with Gasteiger partial charge in [0.05, 0.1) is 10.8 Å². The summed E-state index contributed by atoms with van der Waals surface area (Å²) in [6.07, 6.45) is 0. The lowest BCUT2D eigenvalue weighted by Gasteiger charge is -2.35. The van der Waals surface area contributed by atoms with Crippen LogP contribution in [0.3, 0.4) is 0 Å². The van der Waals surface area contributed by atoms with Crippen molar-refractivity contribution < 1.29 is 13.2 Å². The quantitative estimate of drug-likeness (QED) is 0.800. The van der Waals surface area contributed by atoms with Crippen LogP contribution in [0.25, 0.3) is 0 Å². The van der Waals surface area contributed by atoms with Gasteiger partial charge >= 0.3 is 0 Å². The van der Waals surface area contributed by atoms with E-state index in [0.717, 1.165) is 11.3 Å². The van der Waals surface area contributed by atoms with E-state index in [9.17, 15) is 13.2 Å². The summed E-state index contributed by atoms with van der Waals surface area (Å²) in [5.41, 5.74) is 2.47. The van der Waals surface area contributed by atoms with E-state index in [-0.39, 0.29) is 22.6 Å². The maximum absolute atomic E-state index is 13.2. The first-order chi connectivity index (χ1) is 13.8. The van der Waals surface area contributed by atoms with Gasteiger partial charge in [-0.25, -0.2) is 8.42 Å². The Morgan fingerprint density at radius 2 is 1.79 bits per heavy atom. The number of anilines is 2. The smallest absolute Gasteiger partial charge is 0.243 e. The van der Waals surface area contributed by atoms with Crippen molar-refractivity contribution in [2.45, 2.75) is 24.7 Å². The lowest BCUT2D eigenvalue weighted by Crippen LogP contribution is -2.48. The Balaban J connectivity index is 1.54. The van der Waals surface area contributed by atoms with Crippen molar-refractivity contribution in [2.24, 2.45) is 5.92 Å². The fourth-order valence-corrected chi connectivity index (χ4v) is 5.74. The first-order valence-electron chi connectivity index (χ1n) is 9.73. The highest BCUT2D eigenvalue weighted by atomic mass is 35.5. The summed E-state index contributed by atoms with van der Waals surface area (Å²) in [5, 5.41) is 3.52. The molecule has 2 aliphatic rings. The number of hydrogen-bond donors (Lipinski definition) is 1. The maximum atomic E-state index is 13.2. The minimum absolute atomic E-state index is 0.0697. The summed E-state index contributed by atoms with van der Waals surface area (Å²) in [6, 6.07) is 12.5. The van der Waals surface area contributed by atoms with Crippen LogP contribution in [-0.4, -0.2) is 44.8 Å². The summed E-state index contributed by atoms with van der Waals surface area (Å²) in [7, 11) is -3.62. The van der Waals surface area contributed by atoms with Crippen LogP contribution in [0, 0.1) is 5.92 Å². The summed E-state index contributed by atoms with van der Waals surface area (Å²) in [5.74, 6) is -0.296. The molecule has 8 heteroatoms. The number of benzene rings is 2. The van der Waals surface area contributed by atoms with Crippen LogP contribution in [0.1, 0.15) is 25.3 Å². The van der Waals surface area contributed by atoms with Gasteiger partial charge in [-0.1, -0.05) is 31.5 Å². The third-order valence-corrected chi connectivity index (χ3v) is 7.74. The number of rotatable bonds is 4. The van der Waals surface area contributed by atoms with E-state index < -0.39 is 10.0 Å². The SMILES string of the molecule is CC(C)C1C(=O)Nc2ccc(S(=O)(=O)N3CCN(c4cccc(Cl)c4)CC3)cc21. The molecule has 2 aliphatic heterocycles. The van der Waals surface area contributed by atoms with Crippen LogP contribution in [0.2, 0.25) is 5.02 Å². The van der Waals surface area contributed by atoms with Crippen LogP contribution in [0.4, 0.5) is 11.4 Å². The molecule has 0 bridgehead atoms. The molecule has 0 saturated carbocycles. The number of halogens is 1.